The monoisotopic (exact) mass is 303 g/mol. The minimum absolute atomic E-state index is 0.774. The maximum Gasteiger partial charge on any atom is 0.214 e. The van der Waals surface area contributed by atoms with Gasteiger partial charge in [0.2, 0.25) is 5.16 Å². The average Bonchev–Trinajstić information content (AvgIpc) is 3.06. The molecule has 0 fully saturated rings. The first-order valence-corrected chi connectivity index (χ1v) is 7.98. The lowest BCUT2D eigenvalue weighted by molar-refractivity contribution is 0.756. The molecule has 0 aliphatic carbocycles. The molecule has 0 radical (unpaired) electrons. The second-order valence-electron chi connectivity index (χ2n) is 4.36. The van der Waals surface area contributed by atoms with Gasteiger partial charge >= 0.3 is 0 Å². The summed E-state index contributed by atoms with van der Waals surface area (Å²) in [5.74, 6) is 0.774. The SMILES string of the molecule is Cc1ccc(-n2nnnc2SCc2csc(C)n2)cc1. The van der Waals surface area contributed by atoms with Crippen LogP contribution in [0.15, 0.2) is 34.8 Å². The number of hydrogen-bond acceptors (Lipinski definition) is 6. The molecule has 0 spiro atoms. The molecular formula is C13H13N5S2. The Kier molecular flexibility index (Phi) is 3.79. The predicted octanol–water partition coefficient (Wildman–Crippen LogP) is 3.03. The molecule has 0 saturated heterocycles. The lowest BCUT2D eigenvalue weighted by Crippen LogP contribution is -1.99. The maximum atomic E-state index is 4.44. The van der Waals surface area contributed by atoms with Crippen LogP contribution < -0.4 is 0 Å². The summed E-state index contributed by atoms with van der Waals surface area (Å²) in [6.07, 6.45) is 0. The molecule has 0 atom stereocenters. The van der Waals surface area contributed by atoms with E-state index in [4.69, 9.17) is 0 Å². The summed E-state index contributed by atoms with van der Waals surface area (Å²) in [5.41, 5.74) is 3.25. The Hall–Kier alpha value is -1.73. The third-order valence-electron chi connectivity index (χ3n) is 2.74. The van der Waals surface area contributed by atoms with E-state index in [2.05, 4.69) is 44.9 Å². The molecule has 0 N–H and O–H groups in total. The second kappa shape index (κ2) is 5.72. The molecule has 0 unspecified atom stereocenters. The molecule has 0 amide bonds. The van der Waals surface area contributed by atoms with Gasteiger partial charge in [0.1, 0.15) is 0 Å². The van der Waals surface area contributed by atoms with E-state index in [-0.39, 0.29) is 0 Å². The van der Waals surface area contributed by atoms with Gasteiger partial charge in [0, 0.05) is 11.1 Å². The lowest BCUT2D eigenvalue weighted by atomic mass is 10.2. The van der Waals surface area contributed by atoms with Crippen molar-refractivity contribution in [2.45, 2.75) is 24.8 Å². The molecule has 3 rings (SSSR count). The Morgan fingerprint density at radius 3 is 2.70 bits per heavy atom. The molecule has 7 heteroatoms. The number of thioether (sulfide) groups is 1. The van der Waals surface area contributed by atoms with E-state index in [0.29, 0.717) is 0 Å². The molecular weight excluding hydrogens is 290 g/mol. The molecule has 3 aromatic rings. The number of tetrazole rings is 1. The van der Waals surface area contributed by atoms with Crippen LogP contribution in [0.1, 0.15) is 16.3 Å². The molecule has 5 nitrogen and oxygen atoms in total. The Morgan fingerprint density at radius 2 is 2.00 bits per heavy atom. The van der Waals surface area contributed by atoms with Crippen LogP contribution >= 0.6 is 23.1 Å². The van der Waals surface area contributed by atoms with Gasteiger partial charge in [-0.05, 0) is 36.4 Å². The topological polar surface area (TPSA) is 56.5 Å². The maximum absolute atomic E-state index is 4.44. The fraction of sp³-hybridized carbons (Fsp3) is 0.231. The summed E-state index contributed by atoms with van der Waals surface area (Å²) in [7, 11) is 0. The Morgan fingerprint density at radius 1 is 1.20 bits per heavy atom. The van der Waals surface area contributed by atoms with Crippen LogP contribution in [0.2, 0.25) is 0 Å². The highest BCUT2D eigenvalue weighted by atomic mass is 32.2. The van der Waals surface area contributed by atoms with E-state index in [0.717, 1.165) is 27.3 Å². The first-order chi connectivity index (χ1) is 9.72. The Labute approximate surface area is 125 Å². The number of rotatable bonds is 4. The largest absolute Gasteiger partial charge is 0.246 e. The predicted molar refractivity (Wildman–Crippen MR) is 80.3 cm³/mol. The van der Waals surface area contributed by atoms with Crippen molar-refractivity contribution < 1.29 is 0 Å². The standard InChI is InChI=1S/C13H13N5S2/c1-9-3-5-12(6-4-9)18-13(15-16-17-18)20-8-11-7-19-10(2)14-11/h3-7H,8H2,1-2H3. The van der Waals surface area contributed by atoms with Crippen LogP contribution in [0.4, 0.5) is 0 Å². The van der Waals surface area contributed by atoms with Crippen molar-refractivity contribution in [1.82, 2.24) is 25.2 Å². The molecule has 102 valence electrons. The van der Waals surface area contributed by atoms with Gasteiger partial charge in [-0.15, -0.1) is 16.4 Å². The fourth-order valence-electron chi connectivity index (χ4n) is 1.73. The van der Waals surface area contributed by atoms with Crippen molar-refractivity contribution in [3.8, 4) is 5.69 Å². The Bertz CT molecular complexity index is 702. The number of benzene rings is 1. The van der Waals surface area contributed by atoms with Crippen molar-refractivity contribution >= 4 is 23.1 Å². The van der Waals surface area contributed by atoms with Crippen molar-refractivity contribution in [3.63, 3.8) is 0 Å². The fourth-order valence-corrected chi connectivity index (χ4v) is 3.23. The van der Waals surface area contributed by atoms with Crippen molar-refractivity contribution in [2.24, 2.45) is 0 Å². The molecule has 20 heavy (non-hydrogen) atoms. The summed E-state index contributed by atoms with van der Waals surface area (Å²) in [4.78, 5) is 4.44. The zero-order valence-corrected chi connectivity index (χ0v) is 12.8. The number of nitrogens with zero attached hydrogens (tertiary/aromatic N) is 5. The van der Waals surface area contributed by atoms with E-state index in [1.807, 2.05) is 19.1 Å². The van der Waals surface area contributed by atoms with Crippen LogP contribution in [0.3, 0.4) is 0 Å². The van der Waals surface area contributed by atoms with Gasteiger partial charge in [0.15, 0.2) is 0 Å². The highest BCUT2D eigenvalue weighted by molar-refractivity contribution is 7.98. The summed E-state index contributed by atoms with van der Waals surface area (Å²) < 4.78 is 1.75. The van der Waals surface area contributed by atoms with E-state index in [9.17, 15) is 0 Å². The Balaban J connectivity index is 1.78. The highest BCUT2D eigenvalue weighted by Crippen LogP contribution is 2.23. The molecule has 2 heterocycles. The number of hydrogen-bond donors (Lipinski definition) is 0. The molecule has 1 aromatic carbocycles. The van der Waals surface area contributed by atoms with Crippen molar-refractivity contribution in [2.75, 3.05) is 0 Å². The van der Waals surface area contributed by atoms with Crippen LogP contribution in [-0.2, 0) is 5.75 Å². The van der Waals surface area contributed by atoms with E-state index in [1.54, 1.807) is 27.8 Å². The van der Waals surface area contributed by atoms with Gasteiger partial charge in [-0.3, -0.25) is 0 Å². The van der Waals surface area contributed by atoms with Crippen LogP contribution in [0.25, 0.3) is 5.69 Å². The van der Waals surface area contributed by atoms with Crippen LogP contribution in [-0.4, -0.2) is 25.2 Å². The number of aromatic nitrogens is 5. The second-order valence-corrected chi connectivity index (χ2v) is 6.36. The number of aryl methyl sites for hydroxylation is 2. The summed E-state index contributed by atoms with van der Waals surface area (Å²) in [6, 6.07) is 8.13. The first kappa shape index (κ1) is 13.3. The first-order valence-electron chi connectivity index (χ1n) is 6.11. The van der Waals surface area contributed by atoms with E-state index < -0.39 is 0 Å². The normalized spacial score (nSPS) is 10.9. The van der Waals surface area contributed by atoms with Crippen molar-refractivity contribution in [3.05, 3.63) is 45.9 Å². The lowest BCUT2D eigenvalue weighted by Gasteiger charge is -2.03. The van der Waals surface area contributed by atoms with Crippen molar-refractivity contribution in [1.29, 1.82) is 0 Å². The summed E-state index contributed by atoms with van der Waals surface area (Å²) >= 11 is 3.25. The number of thiazole rings is 1. The zero-order chi connectivity index (χ0) is 13.9. The summed E-state index contributed by atoms with van der Waals surface area (Å²) in [5, 5.41) is 15.8. The molecule has 0 aliphatic rings. The third kappa shape index (κ3) is 2.88. The van der Waals surface area contributed by atoms with Gasteiger partial charge in [-0.2, -0.15) is 4.68 Å². The van der Waals surface area contributed by atoms with Gasteiger partial charge in [0.25, 0.3) is 0 Å². The van der Waals surface area contributed by atoms with Gasteiger partial charge < -0.3 is 0 Å². The van der Waals surface area contributed by atoms with Gasteiger partial charge in [0.05, 0.1) is 16.4 Å². The van der Waals surface area contributed by atoms with Gasteiger partial charge in [-0.25, -0.2) is 4.98 Å². The van der Waals surface area contributed by atoms with Crippen LogP contribution in [0.5, 0.6) is 0 Å². The van der Waals surface area contributed by atoms with Gasteiger partial charge in [-0.1, -0.05) is 29.5 Å². The zero-order valence-electron chi connectivity index (χ0n) is 11.1. The molecule has 0 aliphatic heterocycles. The molecule has 2 aromatic heterocycles. The minimum atomic E-state index is 0.774. The quantitative estimate of drug-likeness (QED) is 0.693. The van der Waals surface area contributed by atoms with Crippen LogP contribution in [0, 0.1) is 13.8 Å². The third-order valence-corrected chi connectivity index (χ3v) is 4.51. The van der Waals surface area contributed by atoms with E-state index >= 15 is 0 Å². The molecule has 0 saturated carbocycles. The highest BCUT2D eigenvalue weighted by Gasteiger charge is 2.10. The minimum Gasteiger partial charge on any atom is -0.246 e. The molecule has 0 bridgehead atoms. The van der Waals surface area contributed by atoms with E-state index in [1.165, 1.54) is 5.56 Å². The smallest absolute Gasteiger partial charge is 0.214 e. The average molecular weight is 303 g/mol. The summed E-state index contributed by atoms with van der Waals surface area (Å²) in [6.45, 7) is 4.07.